The molecule has 1 atom stereocenters. The van der Waals surface area contributed by atoms with Gasteiger partial charge in [0.05, 0.1) is 19.9 Å². The summed E-state index contributed by atoms with van der Waals surface area (Å²) < 4.78 is 17.6. The highest BCUT2D eigenvalue weighted by Gasteiger charge is 2.20. The van der Waals surface area contributed by atoms with Gasteiger partial charge in [0.1, 0.15) is 11.5 Å². The van der Waals surface area contributed by atoms with E-state index in [1.807, 2.05) is 19.9 Å². The first kappa shape index (κ1) is 24.1. The van der Waals surface area contributed by atoms with Crippen LogP contribution >= 0.6 is 11.6 Å². The molecular weight excluding hydrogens is 446 g/mol. The molecule has 9 heteroatoms. The van der Waals surface area contributed by atoms with E-state index in [1.54, 1.807) is 44.6 Å². The molecular formula is C24H26ClN3O5. The number of carbonyl (C=O) groups is 1. The minimum Gasteiger partial charge on any atom is -0.497 e. The summed E-state index contributed by atoms with van der Waals surface area (Å²) in [6, 6.07) is 13.3. The minimum absolute atomic E-state index is 0.151. The normalized spacial score (nSPS) is 11.5. The summed E-state index contributed by atoms with van der Waals surface area (Å²) in [5.74, 6) is 1.11. The fourth-order valence-corrected chi connectivity index (χ4v) is 3.37. The van der Waals surface area contributed by atoms with Crippen LogP contribution in [-0.2, 0) is 11.3 Å². The van der Waals surface area contributed by atoms with Crippen molar-refractivity contribution in [2.75, 3.05) is 14.2 Å². The number of carbonyl (C=O) groups excluding carboxylic acids is 1. The first-order valence-electron chi connectivity index (χ1n) is 10.4. The standard InChI is InChI=1S/C24H26ClN3O5/c1-5-20(24(30)26-14-16-7-9-18(31-3)13-21(16)32-4)33-22-10-11-23(29)28(27-22)19-12-17(25)8-6-15(19)2/h6-13,20H,5,14H2,1-4H3,(H,26,30)/t20-/m0/s1. The Morgan fingerprint density at radius 1 is 1.12 bits per heavy atom. The molecule has 33 heavy (non-hydrogen) atoms. The van der Waals surface area contributed by atoms with Gasteiger partial charge in [0.2, 0.25) is 5.88 Å². The Bertz CT molecular complexity index is 1190. The van der Waals surface area contributed by atoms with Gasteiger partial charge < -0.3 is 19.5 Å². The average molecular weight is 472 g/mol. The number of ether oxygens (including phenoxy) is 3. The molecule has 0 aliphatic rings. The molecule has 0 bridgehead atoms. The van der Waals surface area contributed by atoms with Gasteiger partial charge >= 0.3 is 0 Å². The van der Waals surface area contributed by atoms with Crippen LogP contribution in [0.2, 0.25) is 5.02 Å². The lowest BCUT2D eigenvalue weighted by atomic mass is 10.1. The lowest BCUT2D eigenvalue weighted by molar-refractivity contribution is -0.128. The van der Waals surface area contributed by atoms with Gasteiger partial charge in [-0.05, 0) is 43.2 Å². The molecule has 0 radical (unpaired) electrons. The Labute approximate surface area is 197 Å². The smallest absolute Gasteiger partial charge is 0.271 e. The molecule has 1 heterocycles. The first-order valence-corrected chi connectivity index (χ1v) is 10.8. The predicted molar refractivity (Wildman–Crippen MR) is 126 cm³/mol. The van der Waals surface area contributed by atoms with Crippen LogP contribution in [0.25, 0.3) is 5.69 Å². The van der Waals surface area contributed by atoms with E-state index in [9.17, 15) is 9.59 Å². The van der Waals surface area contributed by atoms with Crippen molar-refractivity contribution < 1.29 is 19.0 Å². The van der Waals surface area contributed by atoms with Crippen molar-refractivity contribution in [1.29, 1.82) is 0 Å². The largest absolute Gasteiger partial charge is 0.497 e. The van der Waals surface area contributed by atoms with Crippen LogP contribution in [0.15, 0.2) is 53.3 Å². The first-order chi connectivity index (χ1) is 15.9. The Kier molecular flexibility index (Phi) is 7.95. The summed E-state index contributed by atoms with van der Waals surface area (Å²) in [6.45, 7) is 3.93. The zero-order valence-electron chi connectivity index (χ0n) is 18.9. The number of amides is 1. The van der Waals surface area contributed by atoms with Gasteiger partial charge in [0, 0.05) is 35.3 Å². The molecule has 0 unspecified atom stereocenters. The maximum absolute atomic E-state index is 12.8. The number of aryl methyl sites for hydroxylation is 1. The Balaban J connectivity index is 1.75. The maximum atomic E-state index is 12.8. The summed E-state index contributed by atoms with van der Waals surface area (Å²) >= 11 is 6.09. The molecule has 1 N–H and O–H groups in total. The van der Waals surface area contributed by atoms with E-state index >= 15 is 0 Å². The van der Waals surface area contributed by atoms with Gasteiger partial charge in [0.15, 0.2) is 6.10 Å². The Hall–Kier alpha value is -3.52. The third-order valence-electron chi connectivity index (χ3n) is 5.05. The van der Waals surface area contributed by atoms with Crippen LogP contribution in [0, 0.1) is 6.92 Å². The summed E-state index contributed by atoms with van der Waals surface area (Å²) in [4.78, 5) is 25.2. The maximum Gasteiger partial charge on any atom is 0.271 e. The van der Waals surface area contributed by atoms with E-state index in [-0.39, 0.29) is 23.9 Å². The summed E-state index contributed by atoms with van der Waals surface area (Å²) in [5, 5.41) is 7.63. The van der Waals surface area contributed by atoms with Crippen LogP contribution in [-0.4, -0.2) is 36.0 Å². The molecule has 2 aromatic carbocycles. The molecule has 1 aromatic heterocycles. The molecule has 8 nitrogen and oxygen atoms in total. The fraction of sp³-hybridized carbons (Fsp3) is 0.292. The zero-order valence-corrected chi connectivity index (χ0v) is 19.7. The number of benzene rings is 2. The number of hydrogen-bond acceptors (Lipinski definition) is 6. The van der Waals surface area contributed by atoms with Gasteiger partial charge in [0.25, 0.3) is 11.5 Å². The molecule has 0 spiro atoms. The van der Waals surface area contributed by atoms with E-state index < -0.39 is 6.10 Å². The van der Waals surface area contributed by atoms with E-state index in [1.165, 1.54) is 16.8 Å². The van der Waals surface area contributed by atoms with Crippen molar-refractivity contribution in [2.45, 2.75) is 32.9 Å². The SMILES string of the molecule is CC[C@H](Oc1ccc(=O)n(-c2cc(Cl)ccc2C)n1)C(=O)NCc1ccc(OC)cc1OC. The van der Waals surface area contributed by atoms with Crippen molar-refractivity contribution in [3.8, 4) is 23.1 Å². The van der Waals surface area contributed by atoms with Crippen molar-refractivity contribution in [1.82, 2.24) is 15.1 Å². The number of hydrogen-bond donors (Lipinski definition) is 1. The van der Waals surface area contributed by atoms with E-state index in [2.05, 4.69) is 10.4 Å². The zero-order chi connectivity index (χ0) is 24.0. The van der Waals surface area contributed by atoms with Crippen LogP contribution < -0.4 is 25.1 Å². The number of aromatic nitrogens is 2. The lowest BCUT2D eigenvalue weighted by Crippen LogP contribution is -2.38. The van der Waals surface area contributed by atoms with Crippen LogP contribution in [0.3, 0.4) is 0 Å². The van der Waals surface area contributed by atoms with Gasteiger partial charge in [-0.1, -0.05) is 24.6 Å². The van der Waals surface area contributed by atoms with Crippen molar-refractivity contribution in [3.05, 3.63) is 75.0 Å². The van der Waals surface area contributed by atoms with E-state index in [4.69, 9.17) is 25.8 Å². The summed E-state index contributed by atoms with van der Waals surface area (Å²) in [5.41, 5.74) is 1.83. The number of halogens is 1. The van der Waals surface area contributed by atoms with Crippen molar-refractivity contribution in [2.24, 2.45) is 0 Å². The third-order valence-corrected chi connectivity index (χ3v) is 5.28. The Morgan fingerprint density at radius 2 is 1.91 bits per heavy atom. The monoisotopic (exact) mass is 471 g/mol. The van der Waals surface area contributed by atoms with E-state index in [0.29, 0.717) is 28.6 Å². The number of nitrogens with zero attached hydrogens (tertiary/aromatic N) is 2. The van der Waals surface area contributed by atoms with E-state index in [0.717, 1.165) is 11.1 Å². The molecule has 1 amide bonds. The average Bonchev–Trinajstić information content (AvgIpc) is 2.83. The number of methoxy groups -OCH3 is 2. The second-order valence-electron chi connectivity index (χ2n) is 7.26. The molecule has 0 saturated carbocycles. The molecule has 0 saturated heterocycles. The molecule has 3 aromatic rings. The Morgan fingerprint density at radius 3 is 2.61 bits per heavy atom. The molecule has 0 aliphatic carbocycles. The lowest BCUT2D eigenvalue weighted by Gasteiger charge is -2.18. The molecule has 3 rings (SSSR count). The number of rotatable bonds is 9. The van der Waals surface area contributed by atoms with Crippen LogP contribution in [0.4, 0.5) is 0 Å². The van der Waals surface area contributed by atoms with Crippen molar-refractivity contribution >= 4 is 17.5 Å². The van der Waals surface area contributed by atoms with Crippen LogP contribution in [0.1, 0.15) is 24.5 Å². The van der Waals surface area contributed by atoms with Gasteiger partial charge in [-0.15, -0.1) is 5.10 Å². The second kappa shape index (κ2) is 10.9. The highest BCUT2D eigenvalue weighted by atomic mass is 35.5. The minimum atomic E-state index is -0.798. The predicted octanol–water partition coefficient (Wildman–Crippen LogP) is 3.69. The number of nitrogens with one attached hydrogen (secondary N) is 1. The fourth-order valence-electron chi connectivity index (χ4n) is 3.20. The van der Waals surface area contributed by atoms with Crippen LogP contribution in [0.5, 0.6) is 17.4 Å². The van der Waals surface area contributed by atoms with Gasteiger partial charge in [-0.25, -0.2) is 0 Å². The second-order valence-corrected chi connectivity index (χ2v) is 7.70. The van der Waals surface area contributed by atoms with Gasteiger partial charge in [-0.2, -0.15) is 4.68 Å². The highest BCUT2D eigenvalue weighted by Crippen LogP contribution is 2.24. The summed E-state index contributed by atoms with van der Waals surface area (Å²) in [6.07, 6.45) is -0.393. The molecule has 0 aliphatic heterocycles. The highest BCUT2D eigenvalue weighted by molar-refractivity contribution is 6.30. The summed E-state index contributed by atoms with van der Waals surface area (Å²) in [7, 11) is 3.13. The van der Waals surface area contributed by atoms with Crippen molar-refractivity contribution in [3.63, 3.8) is 0 Å². The topological polar surface area (TPSA) is 91.7 Å². The molecule has 0 fully saturated rings. The third kappa shape index (κ3) is 5.84. The quantitative estimate of drug-likeness (QED) is 0.511. The molecule has 174 valence electrons. The van der Waals surface area contributed by atoms with Gasteiger partial charge in [-0.3, -0.25) is 9.59 Å².